The Morgan fingerprint density at radius 1 is 1.26 bits per heavy atom. The Bertz CT molecular complexity index is 533. The van der Waals surface area contributed by atoms with E-state index in [4.69, 9.17) is 0 Å². The number of nitrogens with zero attached hydrogens (tertiary/aromatic N) is 3. The average molecular weight is 266 g/mol. The lowest BCUT2D eigenvalue weighted by molar-refractivity contribution is 0.521. The quantitative estimate of drug-likeness (QED) is 0.901. The lowest BCUT2D eigenvalue weighted by Gasteiger charge is -2.16. The number of rotatable bonds is 5. The molecule has 0 saturated heterocycles. The van der Waals surface area contributed by atoms with E-state index in [1.165, 1.54) is 18.5 Å². The highest BCUT2D eigenvalue weighted by molar-refractivity contribution is 5.22. The molecular formula is C13H16F2N4. The molecule has 1 unspecified atom stereocenters. The van der Waals surface area contributed by atoms with Crippen molar-refractivity contribution in [3.05, 3.63) is 47.5 Å². The first-order valence-electron chi connectivity index (χ1n) is 6.14. The maximum Gasteiger partial charge on any atom is 0.138 e. The number of likely N-dealkylation sites (N-methyl/N-ethyl adjacent to an activating group) is 1. The van der Waals surface area contributed by atoms with Crippen molar-refractivity contribution < 1.29 is 8.78 Å². The third-order valence-electron chi connectivity index (χ3n) is 3.02. The van der Waals surface area contributed by atoms with E-state index < -0.39 is 11.6 Å². The van der Waals surface area contributed by atoms with Crippen LogP contribution in [0.3, 0.4) is 0 Å². The second kappa shape index (κ2) is 5.88. The molecule has 1 atom stereocenters. The molecule has 1 aromatic heterocycles. The maximum absolute atomic E-state index is 13.2. The van der Waals surface area contributed by atoms with Crippen LogP contribution in [0.2, 0.25) is 0 Å². The lowest BCUT2D eigenvalue weighted by Crippen LogP contribution is -2.21. The summed E-state index contributed by atoms with van der Waals surface area (Å²) in [6.45, 7) is 2.68. The summed E-state index contributed by atoms with van der Waals surface area (Å²) in [5.41, 5.74) is 0.561. The maximum atomic E-state index is 13.2. The first-order valence-corrected chi connectivity index (χ1v) is 6.14. The smallest absolute Gasteiger partial charge is 0.138 e. The van der Waals surface area contributed by atoms with Gasteiger partial charge in [-0.2, -0.15) is 5.10 Å². The van der Waals surface area contributed by atoms with E-state index in [2.05, 4.69) is 15.4 Å². The monoisotopic (exact) mass is 266 g/mol. The summed E-state index contributed by atoms with van der Waals surface area (Å²) >= 11 is 0. The van der Waals surface area contributed by atoms with E-state index in [-0.39, 0.29) is 6.04 Å². The van der Waals surface area contributed by atoms with Gasteiger partial charge in [0.05, 0.1) is 0 Å². The van der Waals surface area contributed by atoms with Gasteiger partial charge in [-0.15, -0.1) is 0 Å². The van der Waals surface area contributed by atoms with Crippen LogP contribution in [0.4, 0.5) is 8.78 Å². The Hall–Kier alpha value is -1.82. The second-order valence-corrected chi connectivity index (χ2v) is 4.24. The highest BCUT2D eigenvalue weighted by Crippen LogP contribution is 2.19. The molecule has 0 aliphatic rings. The van der Waals surface area contributed by atoms with Crippen LogP contribution >= 0.6 is 0 Å². The molecule has 0 radical (unpaired) electrons. The minimum atomic E-state index is -0.577. The van der Waals surface area contributed by atoms with Gasteiger partial charge < -0.3 is 5.32 Å². The van der Waals surface area contributed by atoms with Crippen molar-refractivity contribution in [1.82, 2.24) is 20.1 Å². The molecule has 0 spiro atoms. The van der Waals surface area contributed by atoms with Gasteiger partial charge in [0, 0.05) is 25.1 Å². The summed E-state index contributed by atoms with van der Waals surface area (Å²) in [7, 11) is 1.75. The zero-order chi connectivity index (χ0) is 13.8. The van der Waals surface area contributed by atoms with Crippen LogP contribution in [-0.2, 0) is 13.0 Å². The van der Waals surface area contributed by atoms with Crippen LogP contribution in [0.15, 0.2) is 24.5 Å². The zero-order valence-electron chi connectivity index (χ0n) is 10.9. The summed E-state index contributed by atoms with van der Waals surface area (Å²) in [6.07, 6.45) is 2.00. The van der Waals surface area contributed by atoms with Crippen LogP contribution in [0.1, 0.15) is 24.4 Å². The van der Waals surface area contributed by atoms with Gasteiger partial charge in [-0.1, -0.05) is 0 Å². The normalized spacial score (nSPS) is 12.6. The van der Waals surface area contributed by atoms with E-state index in [1.807, 2.05) is 6.92 Å². The van der Waals surface area contributed by atoms with Gasteiger partial charge in [0.1, 0.15) is 23.8 Å². The van der Waals surface area contributed by atoms with Crippen molar-refractivity contribution >= 4 is 0 Å². The molecule has 1 aromatic carbocycles. The topological polar surface area (TPSA) is 42.7 Å². The van der Waals surface area contributed by atoms with E-state index in [1.54, 1.807) is 11.7 Å². The molecule has 102 valence electrons. The number of hydrogen-bond acceptors (Lipinski definition) is 3. The molecule has 0 bridgehead atoms. The van der Waals surface area contributed by atoms with Crippen LogP contribution in [0, 0.1) is 11.6 Å². The van der Waals surface area contributed by atoms with Crippen molar-refractivity contribution in [2.45, 2.75) is 25.9 Å². The summed E-state index contributed by atoms with van der Waals surface area (Å²) in [5, 5.41) is 7.13. The average Bonchev–Trinajstić information content (AvgIpc) is 2.81. The van der Waals surface area contributed by atoms with Gasteiger partial charge in [-0.05, 0) is 31.7 Å². The Morgan fingerprint density at radius 2 is 1.95 bits per heavy atom. The Balaban J connectivity index is 2.25. The number of benzene rings is 1. The van der Waals surface area contributed by atoms with Crippen molar-refractivity contribution in [1.29, 1.82) is 0 Å². The molecule has 0 amide bonds. The molecule has 4 nitrogen and oxygen atoms in total. The SMILES string of the molecule is CCn1ncnc1CC(NC)c1cc(F)cc(F)c1. The molecule has 1 heterocycles. The number of halogens is 2. The fourth-order valence-corrected chi connectivity index (χ4v) is 2.06. The van der Waals surface area contributed by atoms with E-state index >= 15 is 0 Å². The minimum absolute atomic E-state index is 0.209. The van der Waals surface area contributed by atoms with Crippen molar-refractivity contribution in [2.24, 2.45) is 0 Å². The van der Waals surface area contributed by atoms with Crippen molar-refractivity contribution in [3.63, 3.8) is 0 Å². The predicted molar refractivity (Wildman–Crippen MR) is 67.6 cm³/mol. The number of nitrogens with one attached hydrogen (secondary N) is 1. The summed E-state index contributed by atoms with van der Waals surface area (Å²) in [5.74, 6) is -0.370. The van der Waals surface area contributed by atoms with Gasteiger partial charge in [0.25, 0.3) is 0 Å². The van der Waals surface area contributed by atoms with Gasteiger partial charge in [-0.3, -0.25) is 4.68 Å². The van der Waals surface area contributed by atoms with Crippen LogP contribution < -0.4 is 5.32 Å². The van der Waals surface area contributed by atoms with Gasteiger partial charge in [-0.25, -0.2) is 13.8 Å². The fraction of sp³-hybridized carbons (Fsp3) is 0.385. The number of aromatic nitrogens is 3. The Morgan fingerprint density at radius 3 is 2.53 bits per heavy atom. The van der Waals surface area contributed by atoms with Crippen LogP contribution in [0.25, 0.3) is 0 Å². The highest BCUT2D eigenvalue weighted by Gasteiger charge is 2.15. The van der Waals surface area contributed by atoms with Gasteiger partial charge in [0.2, 0.25) is 0 Å². The van der Waals surface area contributed by atoms with E-state index in [0.717, 1.165) is 11.9 Å². The molecule has 2 rings (SSSR count). The van der Waals surface area contributed by atoms with Crippen LogP contribution in [-0.4, -0.2) is 21.8 Å². The molecular weight excluding hydrogens is 250 g/mol. The Labute approximate surface area is 110 Å². The zero-order valence-corrected chi connectivity index (χ0v) is 10.9. The lowest BCUT2D eigenvalue weighted by atomic mass is 10.0. The summed E-state index contributed by atoms with van der Waals surface area (Å²) in [6, 6.07) is 3.32. The van der Waals surface area contributed by atoms with Crippen molar-refractivity contribution in [3.8, 4) is 0 Å². The highest BCUT2D eigenvalue weighted by atomic mass is 19.1. The third kappa shape index (κ3) is 3.14. The summed E-state index contributed by atoms with van der Waals surface area (Å²) < 4.78 is 28.3. The molecule has 0 saturated carbocycles. The van der Waals surface area contributed by atoms with Gasteiger partial charge >= 0.3 is 0 Å². The number of aryl methyl sites for hydroxylation is 1. The third-order valence-corrected chi connectivity index (χ3v) is 3.02. The van der Waals surface area contributed by atoms with E-state index in [0.29, 0.717) is 18.5 Å². The van der Waals surface area contributed by atoms with Crippen molar-refractivity contribution in [2.75, 3.05) is 7.05 Å². The molecule has 0 aliphatic carbocycles. The summed E-state index contributed by atoms with van der Waals surface area (Å²) in [4.78, 5) is 4.17. The first kappa shape index (κ1) is 13.6. The second-order valence-electron chi connectivity index (χ2n) is 4.24. The largest absolute Gasteiger partial charge is 0.313 e. The van der Waals surface area contributed by atoms with Gasteiger partial charge in [0.15, 0.2) is 0 Å². The Kier molecular flexibility index (Phi) is 4.21. The molecule has 0 fully saturated rings. The molecule has 0 aliphatic heterocycles. The predicted octanol–water partition coefficient (Wildman–Crippen LogP) is 2.08. The van der Waals surface area contributed by atoms with E-state index in [9.17, 15) is 8.78 Å². The molecule has 1 N–H and O–H groups in total. The fourth-order valence-electron chi connectivity index (χ4n) is 2.06. The minimum Gasteiger partial charge on any atom is -0.313 e. The standard InChI is InChI=1S/C13H16F2N4/c1-3-19-13(17-8-18-19)7-12(16-2)9-4-10(14)6-11(15)5-9/h4-6,8,12,16H,3,7H2,1-2H3. The van der Waals surface area contributed by atoms with Crippen LogP contribution in [0.5, 0.6) is 0 Å². The number of hydrogen-bond donors (Lipinski definition) is 1. The molecule has 6 heteroatoms. The molecule has 19 heavy (non-hydrogen) atoms. The molecule has 2 aromatic rings. The first-order chi connectivity index (χ1) is 9.13.